The minimum Gasteiger partial charge on any atom is -0.490 e. The van der Waals surface area contributed by atoms with Crippen LogP contribution in [0.2, 0.25) is 0 Å². The van der Waals surface area contributed by atoms with Crippen molar-refractivity contribution in [3.05, 3.63) is 23.3 Å². The number of halogens is 1. The van der Waals surface area contributed by atoms with E-state index in [1.165, 1.54) is 13.8 Å². The number of ether oxygens (including phenoxy) is 2. The molecule has 20 heavy (non-hydrogen) atoms. The summed E-state index contributed by atoms with van der Waals surface area (Å²) in [6, 6.07) is 3.18. The summed E-state index contributed by atoms with van der Waals surface area (Å²) in [5, 5.41) is 2.79. The summed E-state index contributed by atoms with van der Waals surface area (Å²) in [5.41, 5.74) is -0.943. The van der Waals surface area contributed by atoms with Gasteiger partial charge in [0.1, 0.15) is 5.67 Å². The molecule has 0 spiro atoms. The quantitative estimate of drug-likeness (QED) is 0.861. The summed E-state index contributed by atoms with van der Waals surface area (Å²) >= 11 is 0. The maximum absolute atomic E-state index is 14.4. The van der Waals surface area contributed by atoms with Gasteiger partial charge in [-0.05, 0) is 33.0 Å². The molecule has 1 aromatic carbocycles. The first-order valence-electron chi connectivity index (χ1n) is 6.74. The van der Waals surface area contributed by atoms with Crippen LogP contribution in [0, 0.1) is 0 Å². The van der Waals surface area contributed by atoms with Gasteiger partial charge in [-0.1, -0.05) is 0 Å². The highest BCUT2D eigenvalue weighted by molar-refractivity contribution is 6.00. The zero-order valence-electron chi connectivity index (χ0n) is 12.1. The predicted octanol–water partition coefficient (Wildman–Crippen LogP) is 2.45. The normalized spacial score (nSPS) is 14.8. The van der Waals surface area contributed by atoms with E-state index < -0.39 is 5.67 Å². The molecule has 0 atom stereocenters. The van der Waals surface area contributed by atoms with Gasteiger partial charge in [-0.3, -0.25) is 4.79 Å². The Kier molecular flexibility index (Phi) is 4.28. The van der Waals surface area contributed by atoms with Gasteiger partial charge in [0.05, 0.1) is 19.8 Å². The number of alkyl halides is 1. The van der Waals surface area contributed by atoms with Crippen LogP contribution in [0.15, 0.2) is 12.1 Å². The molecule has 0 saturated heterocycles. The molecule has 1 aliphatic rings. The van der Waals surface area contributed by atoms with Crippen molar-refractivity contribution in [2.45, 2.75) is 25.9 Å². The second-order valence-corrected chi connectivity index (χ2v) is 5.32. The van der Waals surface area contributed by atoms with Crippen molar-refractivity contribution >= 4 is 5.78 Å². The maximum atomic E-state index is 14.4. The fourth-order valence-electron chi connectivity index (χ4n) is 2.19. The standard InChI is InChI=1S/C15H20FNO3/c1-15(2,16)11-8-14-13(19-5-4-6-20-14)7-10(11)12(18)9-17-3/h7-8,17H,4-6,9H2,1-3H3. The first kappa shape index (κ1) is 14.8. The number of benzene rings is 1. The highest BCUT2D eigenvalue weighted by Gasteiger charge is 2.28. The Hall–Kier alpha value is -1.62. The van der Waals surface area contributed by atoms with Crippen molar-refractivity contribution in [3.8, 4) is 11.5 Å². The Morgan fingerprint density at radius 3 is 2.45 bits per heavy atom. The van der Waals surface area contributed by atoms with Crippen LogP contribution in [-0.4, -0.2) is 32.6 Å². The average Bonchev–Trinajstić information content (AvgIpc) is 2.60. The molecule has 0 radical (unpaired) electrons. The predicted molar refractivity (Wildman–Crippen MR) is 74.4 cm³/mol. The van der Waals surface area contributed by atoms with Crippen LogP contribution in [0.5, 0.6) is 11.5 Å². The summed E-state index contributed by atoms with van der Waals surface area (Å²) in [4.78, 5) is 12.2. The Labute approximate surface area is 118 Å². The lowest BCUT2D eigenvalue weighted by atomic mass is 9.91. The van der Waals surface area contributed by atoms with Gasteiger partial charge in [0.25, 0.3) is 0 Å². The van der Waals surface area contributed by atoms with Crippen LogP contribution >= 0.6 is 0 Å². The molecule has 1 heterocycles. The van der Waals surface area contributed by atoms with Gasteiger partial charge in [0.15, 0.2) is 17.3 Å². The molecule has 1 N–H and O–H groups in total. The van der Waals surface area contributed by atoms with Crippen LogP contribution in [-0.2, 0) is 5.67 Å². The molecule has 4 nitrogen and oxygen atoms in total. The molecule has 1 aliphatic heterocycles. The van der Waals surface area contributed by atoms with Crippen molar-refractivity contribution in [3.63, 3.8) is 0 Å². The van der Waals surface area contributed by atoms with E-state index in [9.17, 15) is 9.18 Å². The molecule has 0 fully saturated rings. The minimum atomic E-state index is -1.62. The molecule has 0 bridgehead atoms. The topological polar surface area (TPSA) is 47.6 Å². The number of ketones is 1. The van der Waals surface area contributed by atoms with E-state index in [4.69, 9.17) is 9.47 Å². The molecule has 0 aliphatic carbocycles. The zero-order valence-corrected chi connectivity index (χ0v) is 12.1. The van der Waals surface area contributed by atoms with Crippen LogP contribution in [0.1, 0.15) is 36.2 Å². The van der Waals surface area contributed by atoms with Crippen LogP contribution in [0.25, 0.3) is 0 Å². The molecule has 5 heteroatoms. The maximum Gasteiger partial charge on any atom is 0.177 e. The van der Waals surface area contributed by atoms with Gasteiger partial charge >= 0.3 is 0 Å². The summed E-state index contributed by atoms with van der Waals surface area (Å²) in [5.74, 6) is 0.850. The van der Waals surface area contributed by atoms with Crippen molar-refractivity contribution in [2.24, 2.45) is 0 Å². The zero-order chi connectivity index (χ0) is 14.8. The second-order valence-electron chi connectivity index (χ2n) is 5.32. The van der Waals surface area contributed by atoms with Crippen molar-refractivity contribution in [1.29, 1.82) is 0 Å². The smallest absolute Gasteiger partial charge is 0.177 e. The van der Waals surface area contributed by atoms with E-state index in [-0.39, 0.29) is 12.3 Å². The third-order valence-corrected chi connectivity index (χ3v) is 3.17. The molecule has 0 saturated carbocycles. The minimum absolute atomic E-state index is 0.155. The van der Waals surface area contributed by atoms with Gasteiger partial charge in [-0.2, -0.15) is 0 Å². The van der Waals surface area contributed by atoms with E-state index >= 15 is 0 Å². The summed E-state index contributed by atoms with van der Waals surface area (Å²) in [6.45, 7) is 4.08. The van der Waals surface area contributed by atoms with E-state index in [1.54, 1.807) is 19.2 Å². The van der Waals surface area contributed by atoms with E-state index in [1.807, 2.05) is 0 Å². The average molecular weight is 281 g/mol. The largest absolute Gasteiger partial charge is 0.490 e. The van der Waals surface area contributed by atoms with Gasteiger partial charge in [-0.15, -0.1) is 0 Å². The number of Topliss-reactive ketones (excluding diaryl/α,β-unsaturated/α-hetero) is 1. The fraction of sp³-hybridized carbons (Fsp3) is 0.533. The molecule has 1 aromatic rings. The molecule has 110 valence electrons. The van der Waals surface area contributed by atoms with Gasteiger partial charge in [0, 0.05) is 17.5 Å². The van der Waals surface area contributed by atoms with Crippen molar-refractivity contribution in [1.82, 2.24) is 5.32 Å². The number of carbonyl (C=O) groups excluding carboxylic acids is 1. The highest BCUT2D eigenvalue weighted by Crippen LogP contribution is 2.38. The van der Waals surface area contributed by atoms with Crippen molar-refractivity contribution < 1.29 is 18.7 Å². The third kappa shape index (κ3) is 3.10. The summed E-state index contributed by atoms with van der Waals surface area (Å²) in [6.07, 6.45) is 0.767. The van der Waals surface area contributed by atoms with Gasteiger partial charge in [-0.25, -0.2) is 4.39 Å². The number of rotatable bonds is 4. The third-order valence-electron chi connectivity index (χ3n) is 3.17. The number of fused-ring (bicyclic) bond motifs is 1. The Morgan fingerprint density at radius 2 is 1.90 bits per heavy atom. The van der Waals surface area contributed by atoms with Crippen LogP contribution < -0.4 is 14.8 Å². The molecular weight excluding hydrogens is 261 g/mol. The summed E-state index contributed by atoms with van der Waals surface area (Å²) in [7, 11) is 1.68. The molecule has 2 rings (SSSR count). The van der Waals surface area contributed by atoms with Gasteiger partial charge < -0.3 is 14.8 Å². The lowest BCUT2D eigenvalue weighted by Gasteiger charge is -2.21. The Balaban J connectivity index is 2.52. The first-order valence-corrected chi connectivity index (χ1v) is 6.74. The monoisotopic (exact) mass is 281 g/mol. The lowest BCUT2D eigenvalue weighted by molar-refractivity contribution is 0.0986. The fourth-order valence-corrected chi connectivity index (χ4v) is 2.19. The Morgan fingerprint density at radius 1 is 1.30 bits per heavy atom. The molecule has 0 aromatic heterocycles. The number of hydrogen-bond donors (Lipinski definition) is 1. The number of nitrogens with one attached hydrogen (secondary N) is 1. The van der Waals surface area contributed by atoms with E-state index in [0.717, 1.165) is 6.42 Å². The second kappa shape index (κ2) is 5.79. The van der Waals surface area contributed by atoms with Crippen molar-refractivity contribution in [2.75, 3.05) is 26.8 Å². The van der Waals surface area contributed by atoms with E-state index in [2.05, 4.69) is 5.32 Å². The number of carbonyl (C=O) groups is 1. The van der Waals surface area contributed by atoms with Gasteiger partial charge in [0.2, 0.25) is 0 Å². The molecular formula is C15H20FNO3. The van der Waals surface area contributed by atoms with E-state index in [0.29, 0.717) is 35.8 Å². The summed E-state index contributed by atoms with van der Waals surface area (Å²) < 4.78 is 25.5. The lowest BCUT2D eigenvalue weighted by Crippen LogP contribution is -2.23. The van der Waals surface area contributed by atoms with Crippen LogP contribution in [0.4, 0.5) is 4.39 Å². The number of likely N-dealkylation sites (N-methyl/N-ethyl adjacent to an activating group) is 1. The first-order chi connectivity index (χ1) is 9.43. The molecule has 0 unspecified atom stereocenters. The van der Waals surface area contributed by atoms with Crippen LogP contribution in [0.3, 0.4) is 0 Å². The molecule has 0 amide bonds. The number of hydrogen-bond acceptors (Lipinski definition) is 4. The Bertz CT molecular complexity index is 509. The SMILES string of the molecule is CNCC(=O)c1cc2c(cc1C(C)(C)F)OCCCO2. The highest BCUT2D eigenvalue weighted by atomic mass is 19.1.